The number of fused-ring (bicyclic) bond motifs is 1. The summed E-state index contributed by atoms with van der Waals surface area (Å²) in [5.74, 6) is -0.664. The molecule has 0 unspecified atom stereocenters. The second-order valence-electron chi connectivity index (χ2n) is 5.17. The zero-order valence-electron chi connectivity index (χ0n) is 10.3. The fourth-order valence-electron chi connectivity index (χ4n) is 2.64. The monoisotopic (exact) mass is 310 g/mol. The quantitative estimate of drug-likeness (QED) is 0.867. The summed E-state index contributed by atoms with van der Waals surface area (Å²) in [5, 5.41) is 11.0. The molecule has 3 atom stereocenters. The molecule has 1 aromatic carbocycles. The Bertz CT molecular complexity index is 497. The Balaban J connectivity index is 2.05. The summed E-state index contributed by atoms with van der Waals surface area (Å²) in [6, 6.07) is 9.52. The molecule has 1 N–H and O–H groups in total. The molecule has 0 saturated carbocycles. The number of ether oxygens (including phenoxy) is 2. The normalized spacial score (nSPS) is 37.4. The smallest absolute Gasteiger partial charge is 0.164 e. The van der Waals surface area contributed by atoms with Crippen LogP contribution in [0.4, 0.5) is 0 Å². The molecule has 18 heavy (non-hydrogen) atoms. The summed E-state index contributed by atoms with van der Waals surface area (Å²) in [6.07, 6.45) is 1.25. The van der Waals surface area contributed by atoms with Gasteiger partial charge < -0.3 is 14.6 Å². The molecule has 1 saturated heterocycles. The molecule has 4 heteroatoms. The lowest BCUT2D eigenvalue weighted by molar-refractivity contribution is -0.166. The fraction of sp³-hybridized carbons (Fsp3) is 0.429. The first-order valence-electron chi connectivity index (χ1n) is 5.95. The lowest BCUT2D eigenvalue weighted by Crippen LogP contribution is -2.41. The van der Waals surface area contributed by atoms with Gasteiger partial charge in [-0.15, -0.1) is 0 Å². The first-order valence-corrected chi connectivity index (χ1v) is 6.74. The highest BCUT2D eigenvalue weighted by Crippen LogP contribution is 2.50. The Morgan fingerprint density at radius 2 is 1.83 bits per heavy atom. The minimum atomic E-state index is -1.17. The second kappa shape index (κ2) is 3.90. The molecule has 0 bridgehead atoms. The molecule has 0 amide bonds. The fourth-order valence-corrected chi connectivity index (χ4v) is 3.35. The molecule has 1 aliphatic heterocycles. The van der Waals surface area contributed by atoms with Crippen molar-refractivity contribution in [3.8, 4) is 0 Å². The molecule has 1 heterocycles. The van der Waals surface area contributed by atoms with Gasteiger partial charge in [-0.05, 0) is 25.5 Å². The molecule has 1 aromatic rings. The van der Waals surface area contributed by atoms with Crippen molar-refractivity contribution in [1.82, 2.24) is 0 Å². The van der Waals surface area contributed by atoms with Gasteiger partial charge in [-0.3, -0.25) is 0 Å². The van der Waals surface area contributed by atoms with Crippen LogP contribution in [0.2, 0.25) is 0 Å². The average Bonchev–Trinajstić information content (AvgIpc) is 2.74. The van der Waals surface area contributed by atoms with Gasteiger partial charge in [-0.1, -0.05) is 46.3 Å². The van der Waals surface area contributed by atoms with Crippen LogP contribution in [0, 0.1) is 0 Å². The predicted octanol–water partition coefficient (Wildman–Crippen LogP) is 2.69. The number of hydrogen-bond donors (Lipinski definition) is 1. The van der Waals surface area contributed by atoms with Crippen LogP contribution in [0.1, 0.15) is 19.4 Å². The van der Waals surface area contributed by atoms with Gasteiger partial charge in [0.05, 0.1) is 0 Å². The number of aliphatic hydroxyl groups is 1. The van der Waals surface area contributed by atoms with Gasteiger partial charge in [-0.25, -0.2) is 0 Å². The van der Waals surface area contributed by atoms with Gasteiger partial charge in [-0.2, -0.15) is 0 Å². The van der Waals surface area contributed by atoms with Crippen LogP contribution in [0.15, 0.2) is 40.9 Å². The van der Waals surface area contributed by atoms with Crippen LogP contribution >= 0.6 is 15.9 Å². The van der Waals surface area contributed by atoms with Crippen LogP contribution in [0.3, 0.4) is 0 Å². The minimum absolute atomic E-state index is 0.223. The van der Waals surface area contributed by atoms with E-state index in [1.54, 1.807) is 0 Å². The van der Waals surface area contributed by atoms with E-state index in [-0.39, 0.29) is 6.10 Å². The Hall–Kier alpha value is -0.680. The molecular weight excluding hydrogens is 296 g/mol. The number of benzene rings is 1. The lowest BCUT2D eigenvalue weighted by atomic mass is 9.90. The number of rotatable bonds is 1. The van der Waals surface area contributed by atoms with Crippen LogP contribution in [-0.4, -0.2) is 23.1 Å². The van der Waals surface area contributed by atoms with Crippen LogP contribution in [0.5, 0.6) is 0 Å². The molecule has 3 nitrogen and oxygen atoms in total. The van der Waals surface area contributed by atoms with Crippen molar-refractivity contribution in [2.24, 2.45) is 0 Å². The summed E-state index contributed by atoms with van der Waals surface area (Å²) in [5.41, 5.74) is -0.360. The molecule has 96 valence electrons. The predicted molar refractivity (Wildman–Crippen MR) is 71.2 cm³/mol. The zero-order valence-corrected chi connectivity index (χ0v) is 11.8. The molecule has 2 aliphatic rings. The van der Waals surface area contributed by atoms with Crippen molar-refractivity contribution < 1.29 is 14.6 Å². The van der Waals surface area contributed by atoms with Gasteiger partial charge in [0, 0.05) is 4.48 Å². The van der Waals surface area contributed by atoms with Crippen molar-refractivity contribution in [2.75, 3.05) is 0 Å². The molecule has 1 aliphatic carbocycles. The number of hydrogen-bond acceptors (Lipinski definition) is 3. The largest absolute Gasteiger partial charge is 0.377 e. The van der Waals surface area contributed by atoms with Crippen molar-refractivity contribution in [3.63, 3.8) is 0 Å². The van der Waals surface area contributed by atoms with E-state index in [9.17, 15) is 5.11 Å². The third-order valence-electron chi connectivity index (χ3n) is 3.43. The molecule has 0 aromatic heterocycles. The molecular formula is C14H15BrO3. The second-order valence-corrected chi connectivity index (χ2v) is 6.02. The van der Waals surface area contributed by atoms with Crippen molar-refractivity contribution >= 4 is 15.9 Å². The maximum Gasteiger partial charge on any atom is 0.164 e. The summed E-state index contributed by atoms with van der Waals surface area (Å²) < 4.78 is 12.3. The highest BCUT2D eigenvalue weighted by Gasteiger charge is 2.57. The molecule has 0 radical (unpaired) electrons. The van der Waals surface area contributed by atoms with Gasteiger partial charge in [0.2, 0.25) is 0 Å². The first-order chi connectivity index (χ1) is 8.43. The van der Waals surface area contributed by atoms with Gasteiger partial charge in [0.15, 0.2) is 5.79 Å². The van der Waals surface area contributed by atoms with E-state index in [4.69, 9.17) is 9.47 Å². The molecule has 3 rings (SSSR count). The zero-order chi connectivity index (χ0) is 13.0. The van der Waals surface area contributed by atoms with Gasteiger partial charge >= 0.3 is 0 Å². The maximum absolute atomic E-state index is 11.0. The Labute approximate surface area is 115 Å². The maximum atomic E-state index is 11.0. The first kappa shape index (κ1) is 12.4. The highest BCUT2D eigenvalue weighted by atomic mass is 79.9. The Morgan fingerprint density at radius 1 is 1.17 bits per heavy atom. The Morgan fingerprint density at radius 3 is 2.50 bits per heavy atom. The van der Waals surface area contributed by atoms with E-state index in [1.165, 1.54) is 0 Å². The SMILES string of the molecule is CC1(C)O[C@H]2C=C(Br)[C@](O)(c3ccccc3)[C@H]2O1. The van der Waals surface area contributed by atoms with Crippen molar-refractivity contribution in [2.45, 2.75) is 37.4 Å². The number of halogens is 1. The van der Waals surface area contributed by atoms with Gasteiger partial charge in [0.25, 0.3) is 0 Å². The summed E-state index contributed by atoms with van der Waals surface area (Å²) >= 11 is 3.44. The lowest BCUT2D eigenvalue weighted by Gasteiger charge is -2.31. The third kappa shape index (κ3) is 1.67. The van der Waals surface area contributed by atoms with E-state index in [1.807, 2.05) is 50.3 Å². The van der Waals surface area contributed by atoms with E-state index < -0.39 is 17.5 Å². The topological polar surface area (TPSA) is 38.7 Å². The average molecular weight is 311 g/mol. The summed E-state index contributed by atoms with van der Waals surface area (Å²) in [4.78, 5) is 0. The Kier molecular flexibility index (Phi) is 2.68. The third-order valence-corrected chi connectivity index (χ3v) is 4.30. The standard InChI is InChI=1S/C14H15BrO3/c1-13(2)17-10-8-11(15)14(16,12(10)18-13)9-6-4-3-5-7-9/h3-8,10,12,16H,1-2H3/t10-,12-,14+/m0/s1. The molecule has 1 fully saturated rings. The summed E-state index contributed by atoms with van der Waals surface area (Å²) in [7, 11) is 0. The van der Waals surface area contributed by atoms with Gasteiger partial charge in [0.1, 0.15) is 17.8 Å². The van der Waals surface area contributed by atoms with Crippen molar-refractivity contribution in [3.05, 3.63) is 46.5 Å². The van der Waals surface area contributed by atoms with E-state index in [2.05, 4.69) is 15.9 Å². The van der Waals surface area contributed by atoms with Crippen molar-refractivity contribution in [1.29, 1.82) is 0 Å². The molecule has 0 spiro atoms. The van der Waals surface area contributed by atoms with Crippen LogP contribution in [0.25, 0.3) is 0 Å². The van der Waals surface area contributed by atoms with E-state index in [0.717, 1.165) is 5.56 Å². The highest BCUT2D eigenvalue weighted by molar-refractivity contribution is 9.11. The van der Waals surface area contributed by atoms with Crippen LogP contribution in [-0.2, 0) is 15.1 Å². The van der Waals surface area contributed by atoms with E-state index in [0.29, 0.717) is 4.48 Å². The van der Waals surface area contributed by atoms with E-state index >= 15 is 0 Å². The minimum Gasteiger partial charge on any atom is -0.377 e. The summed E-state index contributed by atoms with van der Waals surface area (Å²) in [6.45, 7) is 3.72. The van der Waals surface area contributed by atoms with Crippen LogP contribution < -0.4 is 0 Å².